The maximum atomic E-state index is 11.6. The Hall–Kier alpha value is -1.51. The lowest BCUT2D eigenvalue weighted by atomic mass is 10.2. The number of furan rings is 1. The van der Waals surface area contributed by atoms with Crippen molar-refractivity contribution in [1.82, 2.24) is 0 Å². The van der Waals surface area contributed by atoms with Gasteiger partial charge in [0, 0.05) is 10.0 Å². The van der Waals surface area contributed by atoms with Crippen LogP contribution < -0.4 is 0 Å². The Morgan fingerprint density at radius 2 is 2.06 bits per heavy atom. The molecule has 0 saturated heterocycles. The van der Waals surface area contributed by atoms with Crippen molar-refractivity contribution in [1.29, 1.82) is 0 Å². The summed E-state index contributed by atoms with van der Waals surface area (Å²) in [6.07, 6.45) is 4.49. The summed E-state index contributed by atoms with van der Waals surface area (Å²) in [6.45, 7) is 0. The first-order chi connectivity index (χ1) is 8.16. The van der Waals surface area contributed by atoms with Crippen LogP contribution in [0.3, 0.4) is 0 Å². The molecule has 0 unspecified atom stereocenters. The first-order valence-corrected chi connectivity index (χ1v) is 5.63. The lowest BCUT2D eigenvalue weighted by Gasteiger charge is -1.97. The van der Waals surface area contributed by atoms with Crippen LogP contribution in [-0.2, 0) is 0 Å². The number of hydrogen-bond donors (Lipinski definition) is 0. The van der Waals surface area contributed by atoms with E-state index >= 15 is 0 Å². The van der Waals surface area contributed by atoms with Crippen LogP contribution in [0.15, 0.2) is 47.1 Å². The number of rotatable bonds is 3. The zero-order valence-electron chi connectivity index (χ0n) is 8.69. The van der Waals surface area contributed by atoms with Gasteiger partial charge in [-0.1, -0.05) is 29.3 Å². The van der Waals surface area contributed by atoms with Crippen LogP contribution in [-0.4, -0.2) is 5.78 Å². The molecule has 0 aliphatic rings. The molecule has 0 aliphatic heterocycles. The molecule has 2 rings (SSSR count). The number of benzene rings is 1. The number of carbonyl (C=O) groups is 1. The second kappa shape index (κ2) is 5.21. The third kappa shape index (κ3) is 2.99. The van der Waals surface area contributed by atoms with Gasteiger partial charge in [-0.05, 0) is 42.0 Å². The van der Waals surface area contributed by atoms with Gasteiger partial charge in [-0.25, -0.2) is 0 Å². The molecule has 1 aromatic heterocycles. The Balaban J connectivity index is 2.18. The Morgan fingerprint density at radius 3 is 2.71 bits per heavy atom. The van der Waals surface area contributed by atoms with E-state index in [0.29, 0.717) is 15.8 Å². The highest BCUT2D eigenvalue weighted by Gasteiger charge is 2.04. The van der Waals surface area contributed by atoms with Crippen molar-refractivity contribution >= 4 is 35.1 Å². The summed E-state index contributed by atoms with van der Waals surface area (Å²) in [5, 5.41) is 1.06. The second-order valence-corrected chi connectivity index (χ2v) is 4.18. The smallest absolute Gasteiger partial charge is 0.221 e. The Morgan fingerprint density at radius 1 is 1.24 bits per heavy atom. The highest BCUT2D eigenvalue weighted by Crippen LogP contribution is 2.22. The van der Waals surface area contributed by atoms with Crippen molar-refractivity contribution < 1.29 is 9.21 Å². The zero-order valence-corrected chi connectivity index (χ0v) is 10.2. The van der Waals surface area contributed by atoms with Crippen LogP contribution in [0.4, 0.5) is 0 Å². The first kappa shape index (κ1) is 12.0. The fourth-order valence-electron chi connectivity index (χ4n) is 1.30. The van der Waals surface area contributed by atoms with Crippen molar-refractivity contribution in [3.8, 4) is 0 Å². The maximum absolute atomic E-state index is 11.6. The molecule has 0 bridgehead atoms. The molecule has 2 nitrogen and oxygen atoms in total. The minimum atomic E-state index is -0.207. The summed E-state index contributed by atoms with van der Waals surface area (Å²) in [4.78, 5) is 11.6. The van der Waals surface area contributed by atoms with Crippen molar-refractivity contribution in [2.45, 2.75) is 0 Å². The van der Waals surface area contributed by atoms with Gasteiger partial charge in [0.05, 0.1) is 6.26 Å². The molecule has 0 saturated carbocycles. The molecule has 0 spiro atoms. The van der Waals surface area contributed by atoms with Gasteiger partial charge < -0.3 is 4.42 Å². The van der Waals surface area contributed by atoms with Gasteiger partial charge in [0.15, 0.2) is 5.76 Å². The van der Waals surface area contributed by atoms with Gasteiger partial charge in [0.2, 0.25) is 5.78 Å². The molecule has 1 heterocycles. The molecule has 0 amide bonds. The Bertz CT molecular complexity index is 557. The summed E-state index contributed by atoms with van der Waals surface area (Å²) in [5.74, 6) is 0.0901. The highest BCUT2D eigenvalue weighted by molar-refractivity contribution is 6.35. The summed E-state index contributed by atoms with van der Waals surface area (Å²) < 4.78 is 4.98. The van der Waals surface area contributed by atoms with E-state index < -0.39 is 0 Å². The standard InChI is InChI=1S/C13H8Cl2O2/c14-10-5-3-9(11(15)8-10)4-6-12(16)13-2-1-7-17-13/h1-8H. The maximum Gasteiger partial charge on any atom is 0.221 e. The molecule has 2 aromatic rings. The SMILES string of the molecule is O=C(C=Cc1ccc(Cl)cc1Cl)c1ccco1. The number of hydrogen-bond acceptors (Lipinski definition) is 2. The lowest BCUT2D eigenvalue weighted by molar-refractivity contribution is 0.102. The Labute approximate surface area is 108 Å². The monoisotopic (exact) mass is 266 g/mol. The van der Waals surface area contributed by atoms with E-state index in [2.05, 4.69) is 0 Å². The normalized spacial score (nSPS) is 10.9. The zero-order chi connectivity index (χ0) is 12.3. The molecule has 86 valence electrons. The Kier molecular flexibility index (Phi) is 3.67. The number of halogens is 2. The van der Waals surface area contributed by atoms with Gasteiger partial charge in [0.25, 0.3) is 0 Å². The number of carbonyl (C=O) groups excluding carboxylic acids is 1. The first-order valence-electron chi connectivity index (χ1n) is 4.88. The topological polar surface area (TPSA) is 30.2 Å². The summed E-state index contributed by atoms with van der Waals surface area (Å²) >= 11 is 11.7. The van der Waals surface area contributed by atoms with Crippen molar-refractivity contribution in [3.05, 3.63) is 64.0 Å². The van der Waals surface area contributed by atoms with E-state index in [1.807, 2.05) is 0 Å². The molecule has 4 heteroatoms. The summed E-state index contributed by atoms with van der Waals surface area (Å²) in [7, 11) is 0. The fraction of sp³-hybridized carbons (Fsp3) is 0. The molecular formula is C13H8Cl2O2. The number of ketones is 1. The molecule has 0 radical (unpaired) electrons. The van der Waals surface area contributed by atoms with Crippen LogP contribution in [0.1, 0.15) is 16.1 Å². The molecule has 0 fully saturated rings. The van der Waals surface area contributed by atoms with Crippen molar-refractivity contribution in [2.24, 2.45) is 0 Å². The van der Waals surface area contributed by atoms with Crippen LogP contribution in [0, 0.1) is 0 Å². The van der Waals surface area contributed by atoms with Gasteiger partial charge in [-0.2, -0.15) is 0 Å². The average molecular weight is 267 g/mol. The van der Waals surface area contributed by atoms with E-state index in [9.17, 15) is 4.79 Å². The van der Waals surface area contributed by atoms with Gasteiger partial charge in [-0.3, -0.25) is 4.79 Å². The van der Waals surface area contributed by atoms with Gasteiger partial charge in [0.1, 0.15) is 0 Å². The van der Waals surface area contributed by atoms with Gasteiger partial charge in [-0.15, -0.1) is 0 Å². The van der Waals surface area contributed by atoms with Crippen LogP contribution in [0.5, 0.6) is 0 Å². The summed E-state index contributed by atoms with van der Waals surface area (Å²) in [6, 6.07) is 8.35. The predicted octanol–water partition coefficient (Wildman–Crippen LogP) is 4.48. The third-order valence-corrected chi connectivity index (χ3v) is 2.70. The lowest BCUT2D eigenvalue weighted by Crippen LogP contribution is -1.90. The molecule has 0 aliphatic carbocycles. The largest absolute Gasteiger partial charge is 0.461 e. The number of allylic oxidation sites excluding steroid dienone is 1. The molecule has 17 heavy (non-hydrogen) atoms. The van der Waals surface area contributed by atoms with Gasteiger partial charge >= 0.3 is 0 Å². The minimum absolute atomic E-state index is 0.207. The van der Waals surface area contributed by atoms with E-state index in [1.54, 1.807) is 36.4 Å². The molecule has 0 atom stereocenters. The third-order valence-electron chi connectivity index (χ3n) is 2.14. The van der Waals surface area contributed by atoms with Crippen LogP contribution >= 0.6 is 23.2 Å². The molecular weight excluding hydrogens is 259 g/mol. The average Bonchev–Trinajstić information content (AvgIpc) is 2.81. The summed E-state index contributed by atoms with van der Waals surface area (Å²) in [5.41, 5.74) is 0.732. The van der Waals surface area contributed by atoms with Crippen molar-refractivity contribution in [2.75, 3.05) is 0 Å². The van der Waals surface area contributed by atoms with Crippen LogP contribution in [0.2, 0.25) is 10.0 Å². The second-order valence-electron chi connectivity index (χ2n) is 3.34. The quantitative estimate of drug-likeness (QED) is 0.606. The van der Waals surface area contributed by atoms with E-state index in [4.69, 9.17) is 27.6 Å². The molecule has 0 N–H and O–H groups in total. The van der Waals surface area contributed by atoms with Crippen LogP contribution in [0.25, 0.3) is 6.08 Å². The van der Waals surface area contributed by atoms with E-state index in [0.717, 1.165) is 5.56 Å². The predicted molar refractivity (Wildman–Crippen MR) is 68.5 cm³/mol. The molecule has 1 aromatic carbocycles. The van der Waals surface area contributed by atoms with E-state index in [1.165, 1.54) is 12.3 Å². The van der Waals surface area contributed by atoms with Crippen molar-refractivity contribution in [3.63, 3.8) is 0 Å². The fourth-order valence-corrected chi connectivity index (χ4v) is 1.77. The minimum Gasteiger partial charge on any atom is -0.461 e. The highest BCUT2D eigenvalue weighted by atomic mass is 35.5. The van der Waals surface area contributed by atoms with E-state index in [-0.39, 0.29) is 5.78 Å².